The maximum atomic E-state index is 11.6. The number of benzene rings is 1. The van der Waals surface area contributed by atoms with Gasteiger partial charge in [-0.3, -0.25) is 4.79 Å². The predicted molar refractivity (Wildman–Crippen MR) is 78.0 cm³/mol. The molecule has 0 saturated heterocycles. The molecule has 9 heteroatoms. The fraction of sp³-hybridized carbons (Fsp3) is 0.417. The van der Waals surface area contributed by atoms with Gasteiger partial charge in [-0.15, -0.1) is 0 Å². The van der Waals surface area contributed by atoms with E-state index >= 15 is 0 Å². The van der Waals surface area contributed by atoms with Gasteiger partial charge in [0.05, 0.1) is 0 Å². The van der Waals surface area contributed by atoms with E-state index in [2.05, 4.69) is 0 Å². The second kappa shape index (κ2) is 7.01. The van der Waals surface area contributed by atoms with Gasteiger partial charge in [-0.05, 0) is 18.4 Å². The molecule has 0 spiro atoms. The molecule has 0 fully saturated rings. The Morgan fingerprint density at radius 1 is 1.19 bits per heavy atom. The van der Waals surface area contributed by atoms with E-state index in [-0.39, 0.29) is 6.42 Å². The third-order valence-corrected chi connectivity index (χ3v) is 6.15. The van der Waals surface area contributed by atoms with Crippen molar-refractivity contribution < 1.29 is 26.7 Å². The Balaban J connectivity index is 2.73. The van der Waals surface area contributed by atoms with Gasteiger partial charge in [-0.2, -0.15) is 0 Å². The first-order chi connectivity index (χ1) is 9.59. The zero-order valence-corrected chi connectivity index (χ0v) is 13.0. The monoisotopic (exact) mass is 335 g/mol. The number of hydrogen-bond acceptors (Lipinski definition) is 5. The molecule has 0 aliphatic heterocycles. The van der Waals surface area contributed by atoms with Crippen molar-refractivity contribution in [1.82, 2.24) is 4.72 Å². The summed E-state index contributed by atoms with van der Waals surface area (Å²) in [6.45, 7) is 0. The Labute approximate surface area is 124 Å². The Kier molecular flexibility index (Phi) is 5.87. The average molecular weight is 335 g/mol. The van der Waals surface area contributed by atoms with Crippen LogP contribution >= 0.6 is 0 Å². The highest BCUT2D eigenvalue weighted by Gasteiger charge is 2.26. The largest absolute Gasteiger partial charge is 0.480 e. The summed E-state index contributed by atoms with van der Waals surface area (Å²) >= 11 is 0. The number of sulfone groups is 1. The highest BCUT2D eigenvalue weighted by molar-refractivity contribution is 8.06. The zero-order valence-electron chi connectivity index (χ0n) is 11.4. The number of carbonyl (C=O) groups is 1. The lowest BCUT2D eigenvalue weighted by Crippen LogP contribution is -2.43. The second-order valence-corrected chi connectivity index (χ2v) is 8.95. The Bertz CT molecular complexity index is 682. The second-order valence-electron chi connectivity index (χ2n) is 4.69. The molecule has 1 rings (SSSR count). The van der Waals surface area contributed by atoms with Crippen LogP contribution in [-0.2, 0) is 31.1 Å². The van der Waals surface area contributed by atoms with Crippen LogP contribution in [0.4, 0.5) is 0 Å². The molecule has 0 bridgehead atoms. The Hall–Kier alpha value is -1.45. The molecule has 21 heavy (non-hydrogen) atoms. The number of hydrogen-bond donors (Lipinski definition) is 2. The van der Waals surface area contributed by atoms with Gasteiger partial charge in [0.15, 0.2) is 14.9 Å². The van der Waals surface area contributed by atoms with E-state index in [0.29, 0.717) is 6.42 Å². The molecule has 0 radical (unpaired) electrons. The highest BCUT2D eigenvalue weighted by Crippen LogP contribution is 2.07. The first kappa shape index (κ1) is 17.6. The molecule has 2 N–H and O–H groups in total. The summed E-state index contributed by atoms with van der Waals surface area (Å²) in [5, 5.41) is 7.91. The number of aryl methyl sites for hydroxylation is 1. The molecular weight excluding hydrogens is 318 g/mol. The molecule has 1 unspecified atom stereocenters. The molecule has 1 aromatic rings. The third kappa shape index (κ3) is 7.21. The van der Waals surface area contributed by atoms with Gasteiger partial charge in [0.25, 0.3) is 0 Å². The topological polar surface area (TPSA) is 118 Å². The van der Waals surface area contributed by atoms with Crippen molar-refractivity contribution in [2.75, 3.05) is 11.3 Å². The molecular formula is C12H17NO6S2. The highest BCUT2D eigenvalue weighted by atomic mass is 32.3. The van der Waals surface area contributed by atoms with Crippen molar-refractivity contribution in [1.29, 1.82) is 0 Å². The molecule has 0 amide bonds. The van der Waals surface area contributed by atoms with Gasteiger partial charge in [-0.25, -0.2) is 21.6 Å². The molecule has 0 saturated carbocycles. The summed E-state index contributed by atoms with van der Waals surface area (Å²) in [7, 11) is -7.97. The third-order valence-electron chi connectivity index (χ3n) is 2.55. The van der Waals surface area contributed by atoms with Gasteiger partial charge in [0.2, 0.25) is 10.0 Å². The Morgan fingerprint density at radius 2 is 1.76 bits per heavy atom. The minimum Gasteiger partial charge on any atom is -0.480 e. The number of sulfonamides is 1. The van der Waals surface area contributed by atoms with Gasteiger partial charge >= 0.3 is 5.97 Å². The van der Waals surface area contributed by atoms with Crippen LogP contribution in [0.3, 0.4) is 0 Å². The van der Waals surface area contributed by atoms with Crippen LogP contribution in [0.1, 0.15) is 12.0 Å². The number of nitrogens with one attached hydrogen (secondary N) is 1. The first-order valence-corrected chi connectivity index (χ1v) is 9.75. The average Bonchev–Trinajstić information content (AvgIpc) is 2.32. The molecule has 7 nitrogen and oxygen atoms in total. The lowest BCUT2D eigenvalue weighted by molar-refractivity contribution is -0.139. The van der Waals surface area contributed by atoms with E-state index in [1.807, 2.05) is 10.8 Å². The van der Waals surface area contributed by atoms with Gasteiger partial charge in [0, 0.05) is 6.26 Å². The SMILES string of the molecule is CS(=O)(=O)CS(=O)(=O)NC(CCc1ccccc1)C(=O)O. The van der Waals surface area contributed by atoms with Crippen molar-refractivity contribution >= 4 is 25.8 Å². The normalized spacial score (nSPS) is 13.8. The fourth-order valence-electron chi connectivity index (χ4n) is 1.72. The first-order valence-electron chi connectivity index (χ1n) is 6.03. The molecule has 0 aliphatic carbocycles. The summed E-state index contributed by atoms with van der Waals surface area (Å²) in [6, 6.07) is 7.62. The standard InChI is InChI=1S/C12H17NO6S2/c1-20(16,17)9-21(18,19)13-11(12(14)15)8-7-10-5-3-2-4-6-10/h2-6,11,13H,7-9H2,1H3,(H,14,15). The van der Waals surface area contributed by atoms with Crippen LogP contribution in [0.2, 0.25) is 0 Å². The van der Waals surface area contributed by atoms with E-state index in [0.717, 1.165) is 11.8 Å². The Morgan fingerprint density at radius 3 is 2.24 bits per heavy atom. The minimum atomic E-state index is -4.21. The maximum absolute atomic E-state index is 11.6. The number of rotatable bonds is 8. The van der Waals surface area contributed by atoms with Crippen LogP contribution in [-0.4, -0.2) is 45.3 Å². The van der Waals surface area contributed by atoms with Crippen LogP contribution in [0, 0.1) is 0 Å². The van der Waals surface area contributed by atoms with E-state index in [1.54, 1.807) is 24.3 Å². The predicted octanol–water partition coefficient (Wildman–Crippen LogP) is -0.00610. The summed E-state index contributed by atoms with van der Waals surface area (Å²) in [5.74, 6) is -1.34. The molecule has 0 aliphatic rings. The number of carboxylic acid groups (broad SMARTS) is 1. The molecule has 0 heterocycles. The maximum Gasteiger partial charge on any atom is 0.321 e. The summed E-state index contributed by atoms with van der Waals surface area (Å²) in [6.07, 6.45) is 1.16. The van der Waals surface area contributed by atoms with Gasteiger partial charge in [0.1, 0.15) is 6.04 Å². The van der Waals surface area contributed by atoms with E-state index in [9.17, 15) is 21.6 Å². The van der Waals surface area contributed by atoms with E-state index in [4.69, 9.17) is 5.11 Å². The van der Waals surface area contributed by atoms with Gasteiger partial charge in [-0.1, -0.05) is 30.3 Å². The van der Waals surface area contributed by atoms with Crippen molar-refractivity contribution in [3.05, 3.63) is 35.9 Å². The fourth-order valence-corrected chi connectivity index (χ4v) is 4.90. The van der Waals surface area contributed by atoms with Crippen molar-refractivity contribution in [2.45, 2.75) is 18.9 Å². The van der Waals surface area contributed by atoms with Crippen molar-refractivity contribution in [3.8, 4) is 0 Å². The molecule has 1 atom stereocenters. The molecule has 0 aromatic heterocycles. The van der Waals surface area contributed by atoms with Crippen molar-refractivity contribution in [3.63, 3.8) is 0 Å². The number of aliphatic carboxylic acids is 1. The van der Waals surface area contributed by atoms with Crippen LogP contribution < -0.4 is 4.72 Å². The molecule has 118 valence electrons. The summed E-state index contributed by atoms with van der Waals surface area (Å²) in [4.78, 5) is 11.1. The minimum absolute atomic E-state index is 0.0301. The van der Waals surface area contributed by atoms with Crippen LogP contribution in [0.5, 0.6) is 0 Å². The van der Waals surface area contributed by atoms with Crippen LogP contribution in [0.25, 0.3) is 0 Å². The van der Waals surface area contributed by atoms with E-state index < -0.39 is 37.0 Å². The lowest BCUT2D eigenvalue weighted by atomic mass is 10.1. The smallest absolute Gasteiger partial charge is 0.321 e. The lowest BCUT2D eigenvalue weighted by Gasteiger charge is -2.14. The molecule has 1 aromatic carbocycles. The quantitative estimate of drug-likeness (QED) is 0.690. The summed E-state index contributed by atoms with van der Waals surface area (Å²) < 4.78 is 47.2. The summed E-state index contributed by atoms with van der Waals surface area (Å²) in [5.41, 5.74) is 0.867. The van der Waals surface area contributed by atoms with E-state index in [1.165, 1.54) is 0 Å². The van der Waals surface area contributed by atoms with Crippen molar-refractivity contribution in [2.24, 2.45) is 0 Å². The number of carboxylic acids is 1. The zero-order chi connectivity index (χ0) is 16.1. The van der Waals surface area contributed by atoms with Crippen LogP contribution in [0.15, 0.2) is 30.3 Å². The van der Waals surface area contributed by atoms with Gasteiger partial charge < -0.3 is 5.11 Å².